The number of halogens is 2. The summed E-state index contributed by atoms with van der Waals surface area (Å²) in [4.78, 5) is 15.3. The number of alkyl halides is 2. The van der Waals surface area contributed by atoms with Gasteiger partial charge in [0.1, 0.15) is 5.69 Å². The van der Waals surface area contributed by atoms with Crippen molar-refractivity contribution in [1.82, 2.24) is 14.1 Å². The molecule has 7 nitrogen and oxygen atoms in total. The van der Waals surface area contributed by atoms with E-state index >= 15 is 0 Å². The van der Waals surface area contributed by atoms with Crippen molar-refractivity contribution < 1.29 is 13.7 Å². The summed E-state index contributed by atoms with van der Waals surface area (Å²) in [7, 11) is 0. The van der Waals surface area contributed by atoms with Crippen molar-refractivity contribution in [1.29, 1.82) is 0 Å². The van der Waals surface area contributed by atoms with E-state index in [-0.39, 0.29) is 23.1 Å². The molecule has 162 valence electrons. The number of anilines is 1. The maximum Gasteiger partial charge on any atom is 0.316 e. The molecule has 1 saturated heterocycles. The zero-order chi connectivity index (χ0) is 21.1. The van der Waals surface area contributed by atoms with Crippen LogP contribution in [0.3, 0.4) is 0 Å². The second-order valence-electron chi connectivity index (χ2n) is 7.68. The Morgan fingerprint density at radius 3 is 2.50 bits per heavy atom. The third kappa shape index (κ3) is 4.44. The maximum atomic E-state index is 13.4. The van der Waals surface area contributed by atoms with Gasteiger partial charge in [0.15, 0.2) is 5.21 Å². The monoisotopic (exact) mass is 454 g/mol. The van der Waals surface area contributed by atoms with Gasteiger partial charge in [-0.15, -0.1) is 4.31 Å². The maximum absolute atomic E-state index is 13.4. The smallest absolute Gasteiger partial charge is 0.316 e. The van der Waals surface area contributed by atoms with Gasteiger partial charge in [0.05, 0.1) is 49.6 Å². The molecule has 10 heteroatoms. The molecule has 4 rings (SSSR count). The largest absolute Gasteiger partial charge is 0.597 e. The summed E-state index contributed by atoms with van der Waals surface area (Å²) in [6.07, 6.45) is 3.15. The highest BCUT2D eigenvalue weighted by Crippen LogP contribution is 2.46. The van der Waals surface area contributed by atoms with Gasteiger partial charge >= 0.3 is 5.56 Å². The van der Waals surface area contributed by atoms with E-state index < -0.39 is 23.5 Å². The quantitative estimate of drug-likeness (QED) is 0.450. The lowest BCUT2D eigenvalue weighted by atomic mass is 10.1. The van der Waals surface area contributed by atoms with E-state index in [2.05, 4.69) is 5.10 Å². The SMILES string of the molecule is O=c1c(OCC2(CF)CC2)c(N2CCN([S+]([O-])CCl)CC2)cnn1-c1ccccc1. The Morgan fingerprint density at radius 2 is 1.90 bits per heavy atom. The summed E-state index contributed by atoms with van der Waals surface area (Å²) < 4.78 is 34.4. The minimum absolute atomic E-state index is 0.0638. The van der Waals surface area contributed by atoms with Gasteiger partial charge in [0.25, 0.3) is 0 Å². The minimum atomic E-state index is -1.21. The van der Waals surface area contributed by atoms with Crippen LogP contribution in [0.25, 0.3) is 5.69 Å². The van der Waals surface area contributed by atoms with Crippen molar-refractivity contribution in [3.8, 4) is 11.4 Å². The number of rotatable bonds is 8. The first-order valence-corrected chi connectivity index (χ1v) is 11.7. The fourth-order valence-electron chi connectivity index (χ4n) is 3.46. The van der Waals surface area contributed by atoms with Crippen LogP contribution in [-0.4, -0.2) is 63.3 Å². The van der Waals surface area contributed by atoms with Crippen LogP contribution in [0.4, 0.5) is 10.1 Å². The number of benzene rings is 1. The number of hydrogen-bond donors (Lipinski definition) is 0. The Balaban J connectivity index is 1.62. The van der Waals surface area contributed by atoms with Gasteiger partial charge in [-0.05, 0) is 25.0 Å². The van der Waals surface area contributed by atoms with Crippen LogP contribution in [0.1, 0.15) is 12.8 Å². The summed E-state index contributed by atoms with van der Waals surface area (Å²) in [5.74, 6) is 0.181. The van der Waals surface area contributed by atoms with E-state index in [9.17, 15) is 13.7 Å². The molecule has 0 N–H and O–H groups in total. The molecule has 1 aliphatic carbocycles. The van der Waals surface area contributed by atoms with Crippen molar-refractivity contribution in [3.05, 3.63) is 46.9 Å². The first kappa shape index (κ1) is 21.4. The van der Waals surface area contributed by atoms with Gasteiger partial charge in [-0.25, -0.2) is 0 Å². The summed E-state index contributed by atoms with van der Waals surface area (Å²) in [5.41, 5.74) is 0.367. The molecule has 0 radical (unpaired) electrons. The molecule has 0 amide bonds. The predicted molar refractivity (Wildman–Crippen MR) is 116 cm³/mol. The first-order valence-electron chi connectivity index (χ1n) is 9.88. The highest BCUT2D eigenvalue weighted by molar-refractivity contribution is 7.90. The van der Waals surface area contributed by atoms with Gasteiger partial charge in [0.2, 0.25) is 5.75 Å². The molecular formula is C20H24ClFN4O3S. The van der Waals surface area contributed by atoms with Crippen molar-refractivity contribution in [2.75, 3.05) is 49.6 Å². The average Bonchev–Trinajstić information content (AvgIpc) is 3.58. The molecule has 30 heavy (non-hydrogen) atoms. The number of aromatic nitrogens is 2. The van der Waals surface area contributed by atoms with Crippen LogP contribution < -0.4 is 15.2 Å². The van der Waals surface area contributed by atoms with Crippen LogP contribution in [0, 0.1) is 5.41 Å². The summed E-state index contributed by atoms with van der Waals surface area (Å²) >= 11 is 4.49. The summed E-state index contributed by atoms with van der Waals surface area (Å²) in [5, 5.41) is 4.41. The molecule has 0 spiro atoms. The zero-order valence-corrected chi connectivity index (χ0v) is 18.1. The lowest BCUT2D eigenvalue weighted by Crippen LogP contribution is -2.49. The van der Waals surface area contributed by atoms with Crippen LogP contribution in [0.2, 0.25) is 0 Å². The third-order valence-electron chi connectivity index (χ3n) is 5.64. The number of ether oxygens (including phenoxy) is 1. The molecule has 1 saturated carbocycles. The fourth-order valence-corrected chi connectivity index (χ4v) is 4.59. The molecule has 1 aromatic heterocycles. The molecule has 2 aromatic rings. The second-order valence-corrected chi connectivity index (χ2v) is 9.71. The molecule has 1 aliphatic heterocycles. The molecule has 1 atom stereocenters. The third-order valence-corrected chi connectivity index (χ3v) is 7.33. The molecule has 1 aromatic carbocycles. The van der Waals surface area contributed by atoms with E-state index in [0.717, 1.165) is 12.8 Å². The lowest BCUT2D eigenvalue weighted by molar-refractivity contribution is 0.197. The Hall–Kier alpha value is -1.81. The van der Waals surface area contributed by atoms with Crippen LogP contribution in [-0.2, 0) is 11.4 Å². The Labute approximate surface area is 182 Å². The Kier molecular flexibility index (Phi) is 6.52. The number of para-hydroxylation sites is 1. The molecule has 2 aliphatic rings. The minimum Gasteiger partial charge on any atom is -0.597 e. The van der Waals surface area contributed by atoms with Gasteiger partial charge in [-0.3, -0.25) is 9.18 Å². The Morgan fingerprint density at radius 1 is 1.20 bits per heavy atom. The lowest BCUT2D eigenvalue weighted by Gasteiger charge is -2.35. The van der Waals surface area contributed by atoms with E-state index in [0.29, 0.717) is 37.6 Å². The fraction of sp³-hybridized carbons (Fsp3) is 0.500. The van der Waals surface area contributed by atoms with E-state index in [1.807, 2.05) is 27.4 Å². The number of piperazine rings is 1. The Bertz CT molecular complexity index is 920. The molecule has 2 fully saturated rings. The van der Waals surface area contributed by atoms with Gasteiger partial charge in [-0.2, -0.15) is 9.78 Å². The molecular weight excluding hydrogens is 431 g/mol. The number of hydrogen-bond acceptors (Lipinski definition) is 6. The average molecular weight is 455 g/mol. The zero-order valence-electron chi connectivity index (χ0n) is 16.5. The standard InChI is InChI=1S/C20H24ClFN4O3S/c21-15-30(28)25-10-8-24(9-11-25)17-12-23-26(16-4-2-1-3-5-16)19(27)18(17)29-14-20(13-22)6-7-20/h1-5,12H,6-11,13-15H2. The number of nitrogens with zero attached hydrogens (tertiary/aromatic N) is 4. The highest BCUT2D eigenvalue weighted by atomic mass is 35.5. The molecule has 0 bridgehead atoms. The summed E-state index contributed by atoms with van der Waals surface area (Å²) in [6, 6.07) is 9.11. The first-order chi connectivity index (χ1) is 14.6. The van der Waals surface area contributed by atoms with E-state index in [1.54, 1.807) is 18.3 Å². The topological polar surface area (TPSA) is 73.7 Å². The van der Waals surface area contributed by atoms with E-state index in [1.165, 1.54) is 4.68 Å². The predicted octanol–water partition coefficient (Wildman–Crippen LogP) is 2.34. The molecule has 1 unspecified atom stereocenters. The van der Waals surface area contributed by atoms with E-state index in [4.69, 9.17) is 16.3 Å². The van der Waals surface area contributed by atoms with Gasteiger partial charge in [-0.1, -0.05) is 29.8 Å². The summed E-state index contributed by atoms with van der Waals surface area (Å²) in [6.45, 7) is 1.93. The highest BCUT2D eigenvalue weighted by Gasteiger charge is 2.44. The van der Waals surface area contributed by atoms with Gasteiger partial charge in [0, 0.05) is 18.5 Å². The van der Waals surface area contributed by atoms with Crippen molar-refractivity contribution in [2.45, 2.75) is 12.8 Å². The second kappa shape index (κ2) is 9.13. The normalized spacial score (nSPS) is 19.5. The van der Waals surface area contributed by atoms with Crippen molar-refractivity contribution in [3.63, 3.8) is 0 Å². The van der Waals surface area contributed by atoms with Crippen LogP contribution in [0.5, 0.6) is 5.75 Å². The molecule has 2 heterocycles. The van der Waals surface area contributed by atoms with Gasteiger partial charge < -0.3 is 14.2 Å². The van der Waals surface area contributed by atoms with Crippen molar-refractivity contribution >= 4 is 28.7 Å². The van der Waals surface area contributed by atoms with Crippen LogP contribution >= 0.6 is 11.6 Å². The van der Waals surface area contributed by atoms with Crippen LogP contribution in [0.15, 0.2) is 41.3 Å². The van der Waals surface area contributed by atoms with Crippen molar-refractivity contribution in [2.24, 2.45) is 5.41 Å².